The van der Waals surface area contributed by atoms with Crippen LogP contribution in [-0.4, -0.2) is 10.8 Å². The van der Waals surface area contributed by atoms with E-state index in [2.05, 4.69) is 15.6 Å². The summed E-state index contributed by atoms with van der Waals surface area (Å²) in [6.45, 7) is 0.360. The number of pyridine rings is 1. The molecule has 0 atom stereocenters. The molecule has 0 saturated heterocycles. The molecule has 0 bridgehead atoms. The van der Waals surface area contributed by atoms with Crippen molar-refractivity contribution in [2.45, 2.75) is 19.4 Å². The monoisotopic (exact) mass is 333 g/mol. The first-order chi connectivity index (χ1) is 12.1. The van der Waals surface area contributed by atoms with Gasteiger partial charge in [-0.15, -0.1) is 0 Å². The first-order valence-corrected chi connectivity index (χ1v) is 8.04. The molecule has 0 spiro atoms. The van der Waals surface area contributed by atoms with Gasteiger partial charge in [-0.25, -0.2) is 0 Å². The first kappa shape index (κ1) is 15.3. The highest BCUT2D eigenvalue weighted by atomic mass is 16.2. The van der Waals surface area contributed by atoms with E-state index in [1.54, 1.807) is 18.3 Å². The number of aryl methyl sites for hydroxylation is 1. The van der Waals surface area contributed by atoms with Crippen molar-refractivity contribution in [1.29, 1.82) is 0 Å². The number of aromatic nitrogens is 1. The van der Waals surface area contributed by atoms with Crippen LogP contribution in [0.25, 0.3) is 0 Å². The Morgan fingerprint density at radius 3 is 2.60 bits per heavy atom. The molecule has 0 saturated carbocycles. The Morgan fingerprint density at radius 1 is 0.960 bits per heavy atom. The van der Waals surface area contributed by atoms with Crippen molar-refractivity contribution in [2.24, 2.45) is 0 Å². The van der Waals surface area contributed by atoms with Crippen LogP contribution >= 0.6 is 0 Å². The number of anilines is 3. The van der Waals surface area contributed by atoms with E-state index in [4.69, 9.17) is 0 Å². The summed E-state index contributed by atoms with van der Waals surface area (Å²) in [5.74, 6) is 0.147. The number of carbonyl (C=O) groups is 1. The van der Waals surface area contributed by atoms with Crippen LogP contribution in [0.4, 0.5) is 17.1 Å². The standard InChI is InChI=1S/C19H15N3O3/c23-15-7-4-11-9-12(5-6-14(11)15)22-17-16(18(24)19(17)25)21-10-13-3-1-2-8-20-13/h1-3,5-6,8-9,21-22H,4,7,10H2. The van der Waals surface area contributed by atoms with Crippen LogP contribution in [0.1, 0.15) is 28.0 Å². The van der Waals surface area contributed by atoms with Crippen LogP contribution in [-0.2, 0) is 13.0 Å². The Balaban J connectivity index is 1.54. The fraction of sp³-hybridized carbons (Fsp3) is 0.158. The van der Waals surface area contributed by atoms with Gasteiger partial charge in [-0.2, -0.15) is 0 Å². The van der Waals surface area contributed by atoms with E-state index in [-0.39, 0.29) is 17.2 Å². The molecule has 4 rings (SSSR count). The van der Waals surface area contributed by atoms with Gasteiger partial charge < -0.3 is 10.6 Å². The molecule has 0 radical (unpaired) electrons. The average molecular weight is 333 g/mol. The van der Waals surface area contributed by atoms with Crippen molar-refractivity contribution in [3.63, 3.8) is 0 Å². The van der Waals surface area contributed by atoms with Gasteiger partial charge in [0.2, 0.25) is 0 Å². The number of rotatable bonds is 5. The van der Waals surface area contributed by atoms with Crippen molar-refractivity contribution >= 4 is 22.8 Å². The lowest BCUT2D eigenvalue weighted by molar-refractivity contribution is 0.0994. The third-order valence-corrected chi connectivity index (χ3v) is 4.38. The largest absolute Gasteiger partial charge is 0.374 e. The molecule has 6 heteroatoms. The smallest absolute Gasteiger partial charge is 0.253 e. The summed E-state index contributed by atoms with van der Waals surface area (Å²) in [5.41, 5.74) is 2.63. The summed E-state index contributed by atoms with van der Waals surface area (Å²) in [4.78, 5) is 39.6. The molecule has 0 unspecified atom stereocenters. The lowest BCUT2D eigenvalue weighted by Crippen LogP contribution is -2.36. The lowest BCUT2D eigenvalue weighted by atomic mass is 10.1. The van der Waals surface area contributed by atoms with Gasteiger partial charge in [-0.3, -0.25) is 19.4 Å². The van der Waals surface area contributed by atoms with Gasteiger partial charge in [0, 0.05) is 23.9 Å². The van der Waals surface area contributed by atoms with Crippen molar-refractivity contribution in [3.05, 3.63) is 79.9 Å². The minimum atomic E-state index is -0.542. The zero-order chi connectivity index (χ0) is 17.4. The molecular weight excluding hydrogens is 318 g/mol. The average Bonchev–Trinajstić information content (AvgIpc) is 3.02. The van der Waals surface area contributed by atoms with E-state index in [1.807, 2.05) is 24.3 Å². The van der Waals surface area contributed by atoms with Gasteiger partial charge in [0.1, 0.15) is 11.4 Å². The highest BCUT2D eigenvalue weighted by Gasteiger charge is 2.23. The van der Waals surface area contributed by atoms with Crippen molar-refractivity contribution in [3.8, 4) is 0 Å². The molecular formula is C19H15N3O3. The Morgan fingerprint density at radius 2 is 1.80 bits per heavy atom. The van der Waals surface area contributed by atoms with Crippen LogP contribution in [0.15, 0.2) is 52.2 Å². The van der Waals surface area contributed by atoms with E-state index in [9.17, 15) is 14.4 Å². The molecule has 25 heavy (non-hydrogen) atoms. The molecule has 2 N–H and O–H groups in total. The SMILES string of the molecule is O=C1CCc2cc(Nc3c(NCc4ccccn4)c(=O)c3=O)ccc21. The molecule has 0 fully saturated rings. The van der Waals surface area contributed by atoms with Gasteiger partial charge in [0.25, 0.3) is 10.9 Å². The Hall–Kier alpha value is -3.28. The number of carbonyl (C=O) groups excluding carboxylic acids is 1. The Bertz CT molecular complexity index is 1030. The van der Waals surface area contributed by atoms with Crippen LogP contribution in [0.3, 0.4) is 0 Å². The second-order valence-electron chi connectivity index (χ2n) is 6.00. The van der Waals surface area contributed by atoms with Gasteiger partial charge >= 0.3 is 0 Å². The summed E-state index contributed by atoms with van der Waals surface area (Å²) in [5, 5.41) is 5.98. The highest BCUT2D eigenvalue weighted by molar-refractivity contribution is 6.01. The second kappa shape index (κ2) is 5.98. The summed E-state index contributed by atoms with van der Waals surface area (Å²) < 4.78 is 0. The van der Waals surface area contributed by atoms with E-state index < -0.39 is 10.9 Å². The number of nitrogens with one attached hydrogen (secondary N) is 2. The van der Waals surface area contributed by atoms with E-state index in [0.29, 0.717) is 25.1 Å². The van der Waals surface area contributed by atoms with Crippen LogP contribution < -0.4 is 21.5 Å². The Labute approximate surface area is 143 Å². The van der Waals surface area contributed by atoms with Crippen LogP contribution in [0.2, 0.25) is 0 Å². The maximum Gasteiger partial charge on any atom is 0.253 e. The van der Waals surface area contributed by atoms with E-state index in [1.165, 1.54) is 0 Å². The van der Waals surface area contributed by atoms with Gasteiger partial charge in [-0.05, 0) is 42.3 Å². The molecule has 0 amide bonds. The molecule has 1 aromatic heterocycles. The zero-order valence-electron chi connectivity index (χ0n) is 13.3. The minimum Gasteiger partial charge on any atom is -0.374 e. The predicted molar refractivity (Wildman–Crippen MR) is 95.3 cm³/mol. The predicted octanol–water partition coefficient (Wildman–Crippen LogP) is 2.16. The fourth-order valence-corrected chi connectivity index (χ4v) is 3.04. The fourth-order valence-electron chi connectivity index (χ4n) is 3.04. The Kier molecular flexibility index (Phi) is 3.65. The molecule has 1 heterocycles. The maximum atomic E-state index is 11.9. The summed E-state index contributed by atoms with van der Waals surface area (Å²) in [7, 11) is 0. The number of hydrogen-bond acceptors (Lipinski definition) is 6. The van der Waals surface area contributed by atoms with Gasteiger partial charge in [-0.1, -0.05) is 6.07 Å². The number of benzene rings is 1. The molecule has 0 aliphatic heterocycles. The topological polar surface area (TPSA) is 88.2 Å². The second-order valence-corrected chi connectivity index (χ2v) is 6.00. The van der Waals surface area contributed by atoms with Gasteiger partial charge in [0.05, 0.1) is 12.2 Å². The number of nitrogens with zero attached hydrogens (tertiary/aromatic N) is 1. The highest BCUT2D eigenvalue weighted by Crippen LogP contribution is 2.27. The first-order valence-electron chi connectivity index (χ1n) is 8.04. The molecule has 1 aliphatic carbocycles. The molecule has 3 aromatic rings. The third kappa shape index (κ3) is 2.71. The van der Waals surface area contributed by atoms with Gasteiger partial charge in [0.15, 0.2) is 5.78 Å². The lowest BCUT2D eigenvalue weighted by Gasteiger charge is -2.15. The van der Waals surface area contributed by atoms with Crippen LogP contribution in [0.5, 0.6) is 0 Å². The summed E-state index contributed by atoms with van der Waals surface area (Å²) in [6.07, 6.45) is 2.90. The van der Waals surface area contributed by atoms with Crippen molar-refractivity contribution in [2.75, 3.05) is 10.6 Å². The van der Waals surface area contributed by atoms with Crippen molar-refractivity contribution < 1.29 is 4.79 Å². The molecule has 1 aliphatic rings. The maximum absolute atomic E-state index is 11.9. The van der Waals surface area contributed by atoms with E-state index in [0.717, 1.165) is 16.8 Å². The summed E-state index contributed by atoms with van der Waals surface area (Å²) in [6, 6.07) is 10.9. The summed E-state index contributed by atoms with van der Waals surface area (Å²) >= 11 is 0. The third-order valence-electron chi connectivity index (χ3n) is 4.38. The minimum absolute atomic E-state index is 0.147. The van der Waals surface area contributed by atoms with Crippen molar-refractivity contribution in [1.82, 2.24) is 4.98 Å². The van der Waals surface area contributed by atoms with E-state index >= 15 is 0 Å². The number of fused-ring (bicyclic) bond motifs is 1. The number of Topliss-reactive ketones (excluding diaryl/α,β-unsaturated/α-hetero) is 1. The quantitative estimate of drug-likeness (QED) is 0.696. The normalized spacial score (nSPS) is 13.0. The number of ketones is 1. The zero-order valence-corrected chi connectivity index (χ0v) is 13.3. The molecule has 2 aromatic carbocycles. The van der Waals surface area contributed by atoms with Crippen LogP contribution in [0, 0.1) is 0 Å². The number of hydrogen-bond donors (Lipinski definition) is 2. The molecule has 124 valence electrons. The molecule has 6 nitrogen and oxygen atoms in total.